The minimum Gasteiger partial charge on any atom is -0.479 e. The summed E-state index contributed by atoms with van der Waals surface area (Å²) in [5.41, 5.74) is 0.469. The number of benzene rings is 1. The summed E-state index contributed by atoms with van der Waals surface area (Å²) in [5.74, 6) is -1.21. The number of aromatic nitrogens is 6. The van der Waals surface area contributed by atoms with Crippen LogP contribution in [0.4, 0.5) is 22.0 Å². The summed E-state index contributed by atoms with van der Waals surface area (Å²) in [5, 5.41) is 3.96. The summed E-state index contributed by atoms with van der Waals surface area (Å²) < 4.78 is 77.9. The van der Waals surface area contributed by atoms with E-state index >= 15 is 0 Å². The Morgan fingerprint density at radius 1 is 1.09 bits per heavy atom. The molecule has 0 amide bonds. The average molecular weight is 490 g/mol. The number of methoxy groups -OCH3 is 1. The standard InChI is InChI=1S/C23H19F5N6O/c1-13-11-33(12-29-13)18-8-7-17(30-21(18)35-2)19-31-20-15(9-10-22(24,25)34(20)32-19)14-5-3-4-6-16(14)23(26,27)28/h3-8,11-12,15H,9-10H2,1-2H3/t15-/m0/s1. The number of aryl methyl sites for hydroxylation is 1. The zero-order valence-electron chi connectivity index (χ0n) is 18.6. The van der Waals surface area contributed by atoms with E-state index in [4.69, 9.17) is 4.74 Å². The zero-order valence-corrected chi connectivity index (χ0v) is 18.6. The number of ether oxygens (including phenoxy) is 1. The van der Waals surface area contributed by atoms with E-state index in [1.54, 1.807) is 23.2 Å². The maximum atomic E-state index is 14.8. The van der Waals surface area contributed by atoms with Crippen molar-refractivity contribution in [1.82, 2.24) is 29.3 Å². The molecule has 0 N–H and O–H groups in total. The molecular weight excluding hydrogens is 471 g/mol. The van der Waals surface area contributed by atoms with Crippen molar-refractivity contribution in [1.29, 1.82) is 0 Å². The molecule has 0 saturated carbocycles. The van der Waals surface area contributed by atoms with Gasteiger partial charge in [-0.3, -0.25) is 0 Å². The van der Waals surface area contributed by atoms with Crippen molar-refractivity contribution in [2.75, 3.05) is 7.11 Å². The highest BCUT2D eigenvalue weighted by Gasteiger charge is 2.45. The Kier molecular flexibility index (Phi) is 5.33. The summed E-state index contributed by atoms with van der Waals surface area (Å²) in [6, 6.07) is 4.72. The van der Waals surface area contributed by atoms with Gasteiger partial charge in [-0.15, -0.1) is 5.10 Å². The molecular formula is C23H19F5N6O. The molecule has 0 unspecified atom stereocenters. The summed E-state index contributed by atoms with van der Waals surface area (Å²) >= 11 is 0. The molecule has 5 rings (SSSR count). The molecule has 3 aromatic heterocycles. The second-order valence-electron chi connectivity index (χ2n) is 8.19. The molecule has 1 atom stereocenters. The highest BCUT2D eigenvalue weighted by atomic mass is 19.4. The van der Waals surface area contributed by atoms with E-state index in [1.165, 1.54) is 31.4 Å². The van der Waals surface area contributed by atoms with Gasteiger partial charge in [0.05, 0.1) is 24.7 Å². The minimum atomic E-state index is -4.64. The van der Waals surface area contributed by atoms with Gasteiger partial charge in [0.1, 0.15) is 17.2 Å². The number of nitrogens with zero attached hydrogens (tertiary/aromatic N) is 6. The lowest BCUT2D eigenvalue weighted by Gasteiger charge is -2.30. The van der Waals surface area contributed by atoms with E-state index in [-0.39, 0.29) is 35.2 Å². The normalized spacial score (nSPS) is 17.3. The topological polar surface area (TPSA) is 70.7 Å². The van der Waals surface area contributed by atoms with Crippen LogP contribution >= 0.6 is 0 Å². The number of halogens is 5. The van der Waals surface area contributed by atoms with Crippen LogP contribution in [0.15, 0.2) is 48.9 Å². The lowest BCUT2D eigenvalue weighted by Crippen LogP contribution is -2.33. The van der Waals surface area contributed by atoms with Crippen LogP contribution in [0.3, 0.4) is 0 Å². The van der Waals surface area contributed by atoms with Crippen LogP contribution in [-0.2, 0) is 12.2 Å². The van der Waals surface area contributed by atoms with Gasteiger partial charge in [-0.25, -0.2) is 15.0 Å². The first-order chi connectivity index (χ1) is 16.6. The summed E-state index contributed by atoms with van der Waals surface area (Å²) in [6.45, 7) is 1.82. The van der Waals surface area contributed by atoms with Gasteiger partial charge >= 0.3 is 12.2 Å². The van der Waals surface area contributed by atoms with Crippen molar-refractivity contribution in [3.05, 3.63) is 71.6 Å². The molecule has 1 aromatic carbocycles. The fourth-order valence-corrected chi connectivity index (χ4v) is 4.26. The van der Waals surface area contributed by atoms with Crippen molar-refractivity contribution < 1.29 is 26.7 Å². The van der Waals surface area contributed by atoms with Gasteiger partial charge in [0.15, 0.2) is 5.82 Å². The van der Waals surface area contributed by atoms with E-state index in [0.29, 0.717) is 10.4 Å². The number of hydrogen-bond acceptors (Lipinski definition) is 5. The third-order valence-corrected chi connectivity index (χ3v) is 5.88. The van der Waals surface area contributed by atoms with Crippen LogP contribution in [0.1, 0.15) is 41.4 Å². The fourth-order valence-electron chi connectivity index (χ4n) is 4.26. The van der Waals surface area contributed by atoms with Gasteiger partial charge < -0.3 is 9.30 Å². The Morgan fingerprint density at radius 3 is 2.54 bits per heavy atom. The van der Waals surface area contributed by atoms with Gasteiger partial charge in [0, 0.05) is 18.5 Å². The van der Waals surface area contributed by atoms with Crippen molar-refractivity contribution >= 4 is 0 Å². The number of imidazole rings is 1. The van der Waals surface area contributed by atoms with Gasteiger partial charge in [0.25, 0.3) is 0 Å². The lowest BCUT2D eigenvalue weighted by atomic mass is 9.87. The van der Waals surface area contributed by atoms with Crippen LogP contribution in [0, 0.1) is 6.92 Å². The maximum Gasteiger partial charge on any atom is 0.416 e. The number of pyridine rings is 1. The van der Waals surface area contributed by atoms with Crippen molar-refractivity contribution in [2.24, 2.45) is 0 Å². The van der Waals surface area contributed by atoms with Gasteiger partial charge in [-0.1, -0.05) is 18.2 Å². The first-order valence-corrected chi connectivity index (χ1v) is 10.7. The average Bonchev–Trinajstić information content (AvgIpc) is 3.46. The lowest BCUT2D eigenvalue weighted by molar-refractivity contribution is -0.138. The molecule has 4 heterocycles. The molecule has 1 aliphatic heterocycles. The van der Waals surface area contributed by atoms with Crippen molar-refractivity contribution in [3.8, 4) is 23.1 Å². The third kappa shape index (κ3) is 4.02. The Hall–Kier alpha value is -3.83. The quantitative estimate of drug-likeness (QED) is 0.362. The largest absolute Gasteiger partial charge is 0.479 e. The Balaban J connectivity index is 1.61. The van der Waals surface area contributed by atoms with Gasteiger partial charge in [-0.2, -0.15) is 26.6 Å². The van der Waals surface area contributed by atoms with E-state index in [1.807, 2.05) is 6.92 Å². The number of fused-ring (bicyclic) bond motifs is 1. The molecule has 0 fully saturated rings. The molecule has 0 spiro atoms. The molecule has 0 bridgehead atoms. The second kappa shape index (κ2) is 8.14. The molecule has 4 aromatic rings. The molecule has 1 aliphatic rings. The first kappa shape index (κ1) is 22.9. The highest BCUT2D eigenvalue weighted by Crippen LogP contribution is 2.45. The molecule has 0 aliphatic carbocycles. The number of rotatable bonds is 4. The van der Waals surface area contributed by atoms with Crippen molar-refractivity contribution in [3.63, 3.8) is 0 Å². The molecule has 0 saturated heterocycles. The van der Waals surface area contributed by atoms with E-state index in [0.717, 1.165) is 11.8 Å². The van der Waals surface area contributed by atoms with Crippen LogP contribution < -0.4 is 4.74 Å². The van der Waals surface area contributed by atoms with Gasteiger partial charge in [0.2, 0.25) is 5.88 Å². The first-order valence-electron chi connectivity index (χ1n) is 10.7. The summed E-state index contributed by atoms with van der Waals surface area (Å²) in [7, 11) is 1.41. The minimum absolute atomic E-state index is 0.118. The molecule has 12 heteroatoms. The molecule has 35 heavy (non-hydrogen) atoms. The van der Waals surface area contributed by atoms with Crippen molar-refractivity contribution in [2.45, 2.75) is 37.9 Å². The number of hydrogen-bond donors (Lipinski definition) is 0. The zero-order chi connectivity index (χ0) is 25.0. The van der Waals surface area contributed by atoms with Gasteiger partial charge in [-0.05, 0) is 37.1 Å². The highest BCUT2D eigenvalue weighted by molar-refractivity contribution is 5.56. The molecule has 0 radical (unpaired) electrons. The Labute approximate surface area is 196 Å². The van der Waals surface area contributed by atoms with Crippen LogP contribution in [0.5, 0.6) is 5.88 Å². The smallest absolute Gasteiger partial charge is 0.416 e. The second-order valence-corrected chi connectivity index (χ2v) is 8.19. The fraction of sp³-hybridized carbons (Fsp3) is 0.304. The summed E-state index contributed by atoms with van der Waals surface area (Å²) in [6.07, 6.45) is -2.19. The molecule has 182 valence electrons. The predicted octanol–water partition coefficient (Wildman–Crippen LogP) is 5.34. The third-order valence-electron chi connectivity index (χ3n) is 5.88. The van der Waals surface area contributed by atoms with Crippen LogP contribution in [-0.4, -0.2) is 36.4 Å². The monoisotopic (exact) mass is 490 g/mol. The van der Waals surface area contributed by atoms with E-state index < -0.39 is 30.1 Å². The maximum absolute atomic E-state index is 14.8. The van der Waals surface area contributed by atoms with E-state index in [2.05, 4.69) is 20.1 Å². The van der Waals surface area contributed by atoms with E-state index in [9.17, 15) is 22.0 Å². The SMILES string of the molecule is COc1nc(-c2nc3n(n2)C(F)(F)CC[C@H]3c2ccccc2C(F)(F)F)ccc1-n1cnc(C)c1. The number of alkyl halides is 5. The predicted molar refractivity (Wildman–Crippen MR) is 114 cm³/mol. The summed E-state index contributed by atoms with van der Waals surface area (Å²) in [4.78, 5) is 12.8. The molecule has 7 nitrogen and oxygen atoms in total. The van der Waals surface area contributed by atoms with Crippen LogP contribution in [0.25, 0.3) is 17.2 Å². The Morgan fingerprint density at radius 2 is 1.86 bits per heavy atom. The van der Waals surface area contributed by atoms with Crippen LogP contribution in [0.2, 0.25) is 0 Å². The Bertz CT molecular complexity index is 1390.